The van der Waals surface area contributed by atoms with Gasteiger partial charge in [-0.3, -0.25) is 0 Å². The van der Waals surface area contributed by atoms with Gasteiger partial charge < -0.3 is 0 Å². The van der Waals surface area contributed by atoms with E-state index in [2.05, 4.69) is 128 Å². The van der Waals surface area contributed by atoms with E-state index in [4.69, 9.17) is 0 Å². The minimum absolute atomic E-state index is 0.431. The van der Waals surface area contributed by atoms with Crippen molar-refractivity contribution in [2.24, 2.45) is 5.92 Å². The first-order chi connectivity index (χ1) is 15.3. The maximum atomic E-state index is 2.46. The van der Waals surface area contributed by atoms with Crippen LogP contribution in [0.15, 0.2) is 121 Å². The molecule has 1 aliphatic carbocycles. The highest BCUT2D eigenvalue weighted by atomic mass is 14.5. The van der Waals surface area contributed by atoms with Crippen molar-refractivity contribution in [2.45, 2.75) is 37.0 Å². The van der Waals surface area contributed by atoms with E-state index in [1.54, 1.807) is 0 Å². The molecule has 5 rings (SSSR count). The van der Waals surface area contributed by atoms with E-state index >= 15 is 0 Å². The lowest BCUT2D eigenvalue weighted by atomic mass is 9.56. The first-order valence-electron chi connectivity index (χ1n) is 11.5. The molecule has 1 fully saturated rings. The molecule has 0 unspecified atom stereocenters. The van der Waals surface area contributed by atoms with Crippen LogP contribution in [0.5, 0.6) is 0 Å². The molecule has 4 aromatic carbocycles. The number of hydrogen-bond acceptors (Lipinski definition) is 0. The van der Waals surface area contributed by atoms with Crippen molar-refractivity contribution in [3.63, 3.8) is 0 Å². The quantitative estimate of drug-likeness (QED) is 0.323. The lowest BCUT2D eigenvalue weighted by Gasteiger charge is -2.48. The van der Waals surface area contributed by atoms with Crippen molar-refractivity contribution < 1.29 is 0 Å². The zero-order valence-corrected chi connectivity index (χ0v) is 18.1. The summed E-state index contributed by atoms with van der Waals surface area (Å²) in [5.41, 5.74) is 5.85. The molecule has 0 aliphatic heterocycles. The van der Waals surface area contributed by atoms with Crippen LogP contribution in [0.25, 0.3) is 0 Å². The lowest BCUT2D eigenvalue weighted by molar-refractivity contribution is 0.227. The first-order valence-corrected chi connectivity index (χ1v) is 11.5. The van der Waals surface area contributed by atoms with Gasteiger partial charge in [0.25, 0.3) is 0 Å². The number of hydrogen-bond donors (Lipinski definition) is 0. The Morgan fingerprint density at radius 3 is 1.23 bits per heavy atom. The van der Waals surface area contributed by atoms with Crippen molar-refractivity contribution in [3.05, 3.63) is 144 Å². The van der Waals surface area contributed by atoms with Gasteiger partial charge in [0, 0.05) is 0 Å². The molecule has 1 saturated carbocycles. The molecule has 1 aliphatic rings. The van der Waals surface area contributed by atoms with Crippen LogP contribution in [-0.4, -0.2) is 0 Å². The smallest absolute Gasteiger partial charge is 0.00158 e. The molecule has 5 atom stereocenters. The second-order valence-electron chi connectivity index (χ2n) is 9.04. The minimum Gasteiger partial charge on any atom is -0.0622 e. The fourth-order valence-electron chi connectivity index (χ4n) is 5.98. The fraction of sp³-hybridized carbons (Fsp3) is 0.226. The Balaban J connectivity index is 1.71. The molecule has 0 heteroatoms. The van der Waals surface area contributed by atoms with Gasteiger partial charge in [0.1, 0.15) is 0 Å². The van der Waals surface area contributed by atoms with Crippen LogP contribution >= 0.6 is 0 Å². The monoisotopic (exact) mass is 402 g/mol. The first kappa shape index (κ1) is 19.8. The third-order valence-corrected chi connectivity index (χ3v) is 7.23. The highest BCUT2D eigenvalue weighted by Crippen LogP contribution is 2.59. The molecule has 4 aromatic rings. The molecular formula is C31H30. The molecule has 0 saturated heterocycles. The predicted octanol–water partition coefficient (Wildman–Crippen LogP) is 8.16. The molecule has 0 amide bonds. The maximum absolute atomic E-state index is 2.46. The molecule has 0 nitrogen and oxygen atoms in total. The zero-order valence-electron chi connectivity index (χ0n) is 18.1. The Morgan fingerprint density at radius 1 is 0.419 bits per heavy atom. The number of benzene rings is 4. The van der Waals surface area contributed by atoms with Gasteiger partial charge >= 0.3 is 0 Å². The predicted molar refractivity (Wildman–Crippen MR) is 131 cm³/mol. The molecule has 0 bridgehead atoms. The summed E-state index contributed by atoms with van der Waals surface area (Å²) in [6.45, 7) is 2.46. The van der Waals surface area contributed by atoms with E-state index in [9.17, 15) is 0 Å². The SMILES string of the molecule is C[C@@H]1C[C@H](c2ccccc2)[C@H](c2ccccc2)[C@H](c2ccccc2)[C@H]1c1ccccc1. The summed E-state index contributed by atoms with van der Waals surface area (Å²) in [6.07, 6.45) is 1.20. The van der Waals surface area contributed by atoms with Gasteiger partial charge in [-0.15, -0.1) is 0 Å². The van der Waals surface area contributed by atoms with Gasteiger partial charge in [0.15, 0.2) is 0 Å². The van der Waals surface area contributed by atoms with Crippen molar-refractivity contribution >= 4 is 0 Å². The fourth-order valence-corrected chi connectivity index (χ4v) is 5.98. The summed E-state index contributed by atoms with van der Waals surface area (Å²) < 4.78 is 0. The normalized spacial score (nSPS) is 25.8. The van der Waals surface area contributed by atoms with E-state index in [1.807, 2.05) is 0 Å². The Kier molecular flexibility index (Phi) is 5.71. The van der Waals surface area contributed by atoms with Crippen LogP contribution in [0.4, 0.5) is 0 Å². The van der Waals surface area contributed by atoms with Crippen LogP contribution < -0.4 is 0 Å². The average Bonchev–Trinajstić information content (AvgIpc) is 2.85. The van der Waals surface area contributed by atoms with E-state index < -0.39 is 0 Å². The number of rotatable bonds is 4. The van der Waals surface area contributed by atoms with Crippen molar-refractivity contribution in [1.29, 1.82) is 0 Å². The zero-order chi connectivity index (χ0) is 21.0. The Morgan fingerprint density at radius 2 is 0.774 bits per heavy atom. The molecule has 0 radical (unpaired) electrons. The van der Waals surface area contributed by atoms with E-state index in [1.165, 1.54) is 28.7 Å². The molecule has 31 heavy (non-hydrogen) atoms. The second-order valence-corrected chi connectivity index (χ2v) is 9.04. The van der Waals surface area contributed by atoms with Crippen LogP contribution in [0.1, 0.15) is 59.3 Å². The average molecular weight is 403 g/mol. The second kappa shape index (κ2) is 8.94. The van der Waals surface area contributed by atoms with Crippen LogP contribution in [0.2, 0.25) is 0 Å². The summed E-state index contributed by atoms with van der Waals surface area (Å²) in [7, 11) is 0. The molecular weight excluding hydrogens is 372 g/mol. The molecule has 0 N–H and O–H groups in total. The summed E-state index contributed by atoms with van der Waals surface area (Å²) in [5, 5.41) is 0. The van der Waals surface area contributed by atoms with Gasteiger partial charge in [-0.1, -0.05) is 128 Å². The van der Waals surface area contributed by atoms with Crippen LogP contribution in [0, 0.1) is 5.92 Å². The third kappa shape index (κ3) is 3.95. The highest BCUT2D eigenvalue weighted by molar-refractivity contribution is 5.40. The summed E-state index contributed by atoms with van der Waals surface area (Å²) in [5.74, 6) is 2.46. The summed E-state index contributed by atoms with van der Waals surface area (Å²) in [6, 6.07) is 44.9. The van der Waals surface area contributed by atoms with Crippen molar-refractivity contribution in [2.75, 3.05) is 0 Å². The van der Waals surface area contributed by atoms with Crippen LogP contribution in [0.3, 0.4) is 0 Å². The van der Waals surface area contributed by atoms with Gasteiger partial charge in [0.05, 0.1) is 0 Å². The Labute approximate surface area is 186 Å². The van der Waals surface area contributed by atoms with Gasteiger partial charge in [-0.25, -0.2) is 0 Å². The Bertz CT molecular complexity index is 1070. The van der Waals surface area contributed by atoms with Crippen molar-refractivity contribution in [3.8, 4) is 0 Å². The van der Waals surface area contributed by atoms with Gasteiger partial charge in [-0.05, 0) is 58.3 Å². The Hall–Kier alpha value is -3.12. The van der Waals surface area contributed by atoms with Gasteiger partial charge in [-0.2, -0.15) is 0 Å². The minimum atomic E-state index is 0.431. The van der Waals surface area contributed by atoms with Crippen molar-refractivity contribution in [1.82, 2.24) is 0 Å². The highest BCUT2D eigenvalue weighted by Gasteiger charge is 2.45. The lowest BCUT2D eigenvalue weighted by Crippen LogP contribution is -2.34. The summed E-state index contributed by atoms with van der Waals surface area (Å²) in [4.78, 5) is 0. The molecule has 0 heterocycles. The third-order valence-electron chi connectivity index (χ3n) is 7.23. The topological polar surface area (TPSA) is 0 Å². The van der Waals surface area contributed by atoms with E-state index in [0.717, 1.165) is 0 Å². The molecule has 154 valence electrons. The largest absolute Gasteiger partial charge is 0.0622 e. The van der Waals surface area contributed by atoms with Crippen LogP contribution in [-0.2, 0) is 0 Å². The van der Waals surface area contributed by atoms with E-state index in [-0.39, 0.29) is 0 Å². The van der Waals surface area contributed by atoms with Gasteiger partial charge in [0.2, 0.25) is 0 Å². The standard InChI is InChI=1S/C31H30/c1-23-22-28(24-14-6-2-7-15-24)30(26-18-10-4-11-19-26)31(27-20-12-5-13-21-27)29(23)25-16-8-3-9-17-25/h2-21,23,28-31H,22H2,1H3/t23-,28-,29-,30+,31-/m1/s1. The molecule has 0 spiro atoms. The summed E-state index contributed by atoms with van der Waals surface area (Å²) >= 11 is 0. The molecule has 0 aromatic heterocycles. The maximum Gasteiger partial charge on any atom is -0.00158 e. The van der Waals surface area contributed by atoms with E-state index in [0.29, 0.717) is 29.6 Å².